The van der Waals surface area contributed by atoms with Gasteiger partial charge in [-0.25, -0.2) is 0 Å². The summed E-state index contributed by atoms with van der Waals surface area (Å²) >= 11 is 0. The summed E-state index contributed by atoms with van der Waals surface area (Å²) in [6.07, 6.45) is 1.30. The number of nitrogens with two attached hydrogens (primary N) is 1. The zero-order valence-electron chi connectivity index (χ0n) is 11.1. The van der Waals surface area contributed by atoms with E-state index in [1.807, 2.05) is 6.92 Å². The molecule has 1 amide bonds. The second-order valence-corrected chi connectivity index (χ2v) is 4.10. The average molecular weight is 260 g/mol. The molecule has 1 unspecified atom stereocenters. The number of carbonyl (C=O) groups excluding carboxylic acids is 2. The van der Waals surface area contributed by atoms with Crippen LogP contribution in [0.4, 0.5) is 0 Å². The van der Waals surface area contributed by atoms with Crippen LogP contribution in [-0.4, -0.2) is 42.3 Å². The van der Waals surface area contributed by atoms with Crippen LogP contribution >= 0.6 is 0 Å². The standard InChI is InChI=1S/C12H24N2O4/c1-3-5-6-9(13)11(16)12(17)14-8-7-10(15)18-4-2/h9,11,16H,3-8,13H2,1-2H3,(H,14,17)/t9?,11-/m0/s1. The number of esters is 1. The molecule has 0 rings (SSSR count). The molecular formula is C12H24N2O4. The van der Waals surface area contributed by atoms with Crippen LogP contribution in [0, 0.1) is 0 Å². The van der Waals surface area contributed by atoms with E-state index in [2.05, 4.69) is 5.32 Å². The first-order chi connectivity index (χ1) is 8.52. The molecule has 0 aromatic rings. The zero-order valence-corrected chi connectivity index (χ0v) is 11.1. The molecule has 0 aromatic carbocycles. The summed E-state index contributed by atoms with van der Waals surface area (Å²) in [5, 5.41) is 12.1. The first kappa shape index (κ1) is 16.9. The van der Waals surface area contributed by atoms with E-state index in [4.69, 9.17) is 10.5 Å². The maximum absolute atomic E-state index is 11.5. The molecule has 0 spiro atoms. The Kier molecular flexibility index (Phi) is 9.22. The SMILES string of the molecule is CCCCC(N)[C@H](O)C(=O)NCCC(=O)OCC. The van der Waals surface area contributed by atoms with E-state index < -0.39 is 18.1 Å². The third-order valence-corrected chi connectivity index (χ3v) is 2.50. The van der Waals surface area contributed by atoms with Gasteiger partial charge in [-0.1, -0.05) is 19.8 Å². The van der Waals surface area contributed by atoms with Crippen LogP contribution in [-0.2, 0) is 14.3 Å². The van der Waals surface area contributed by atoms with E-state index in [9.17, 15) is 14.7 Å². The van der Waals surface area contributed by atoms with Crippen molar-refractivity contribution in [3.63, 3.8) is 0 Å². The minimum Gasteiger partial charge on any atom is -0.466 e. The van der Waals surface area contributed by atoms with E-state index in [0.717, 1.165) is 12.8 Å². The quantitative estimate of drug-likeness (QED) is 0.504. The summed E-state index contributed by atoms with van der Waals surface area (Å²) < 4.78 is 4.71. The summed E-state index contributed by atoms with van der Waals surface area (Å²) in [4.78, 5) is 22.5. The molecule has 0 saturated heterocycles. The third-order valence-electron chi connectivity index (χ3n) is 2.50. The number of ether oxygens (including phenoxy) is 1. The Morgan fingerprint density at radius 2 is 2.06 bits per heavy atom. The molecule has 0 aromatic heterocycles. The summed E-state index contributed by atoms with van der Waals surface area (Å²) in [6, 6.07) is -0.562. The molecule has 18 heavy (non-hydrogen) atoms. The van der Waals surface area contributed by atoms with Crippen LogP contribution in [0.15, 0.2) is 0 Å². The Labute approximate surface area is 108 Å². The van der Waals surface area contributed by atoms with Gasteiger partial charge in [0.25, 0.3) is 0 Å². The molecule has 0 aliphatic carbocycles. The van der Waals surface area contributed by atoms with Gasteiger partial charge < -0.3 is 20.9 Å². The van der Waals surface area contributed by atoms with Crippen molar-refractivity contribution in [3.8, 4) is 0 Å². The molecule has 6 heteroatoms. The van der Waals surface area contributed by atoms with Gasteiger partial charge in [0.1, 0.15) is 6.10 Å². The smallest absolute Gasteiger partial charge is 0.307 e. The topological polar surface area (TPSA) is 102 Å². The zero-order chi connectivity index (χ0) is 14.0. The Hall–Kier alpha value is -1.14. The maximum Gasteiger partial charge on any atom is 0.307 e. The molecule has 0 radical (unpaired) electrons. The van der Waals surface area contributed by atoms with Gasteiger partial charge in [-0.3, -0.25) is 9.59 Å². The molecular weight excluding hydrogens is 236 g/mol. The van der Waals surface area contributed by atoms with Gasteiger partial charge in [-0.15, -0.1) is 0 Å². The van der Waals surface area contributed by atoms with E-state index in [0.29, 0.717) is 13.0 Å². The van der Waals surface area contributed by atoms with E-state index in [1.165, 1.54) is 0 Å². The molecule has 0 bridgehead atoms. The highest BCUT2D eigenvalue weighted by atomic mass is 16.5. The van der Waals surface area contributed by atoms with E-state index in [-0.39, 0.29) is 18.9 Å². The second-order valence-electron chi connectivity index (χ2n) is 4.10. The van der Waals surface area contributed by atoms with Gasteiger partial charge in [0.15, 0.2) is 0 Å². The van der Waals surface area contributed by atoms with Gasteiger partial charge in [0, 0.05) is 12.6 Å². The van der Waals surface area contributed by atoms with Crippen LogP contribution < -0.4 is 11.1 Å². The molecule has 0 fully saturated rings. The molecule has 0 aliphatic rings. The van der Waals surface area contributed by atoms with Gasteiger partial charge in [0.2, 0.25) is 5.91 Å². The fourth-order valence-corrected chi connectivity index (χ4v) is 1.42. The number of amides is 1. The van der Waals surface area contributed by atoms with Crippen LogP contribution in [0.25, 0.3) is 0 Å². The monoisotopic (exact) mass is 260 g/mol. The second kappa shape index (κ2) is 9.85. The van der Waals surface area contributed by atoms with Crippen LogP contribution in [0.5, 0.6) is 0 Å². The van der Waals surface area contributed by atoms with Gasteiger partial charge in [-0.05, 0) is 13.3 Å². The lowest BCUT2D eigenvalue weighted by atomic mass is 10.0. The van der Waals surface area contributed by atoms with Crippen molar-refractivity contribution < 1.29 is 19.4 Å². The molecule has 4 N–H and O–H groups in total. The van der Waals surface area contributed by atoms with Crippen molar-refractivity contribution >= 4 is 11.9 Å². The Morgan fingerprint density at radius 3 is 2.61 bits per heavy atom. The number of aliphatic hydroxyl groups excluding tert-OH is 1. The van der Waals surface area contributed by atoms with Crippen molar-refractivity contribution in [3.05, 3.63) is 0 Å². The lowest BCUT2D eigenvalue weighted by Gasteiger charge is -2.17. The third kappa shape index (κ3) is 7.24. The first-order valence-electron chi connectivity index (χ1n) is 6.39. The van der Waals surface area contributed by atoms with Crippen LogP contribution in [0.3, 0.4) is 0 Å². The highest BCUT2D eigenvalue weighted by Gasteiger charge is 2.22. The number of aliphatic hydroxyl groups is 1. The molecule has 0 saturated carbocycles. The summed E-state index contributed by atoms with van der Waals surface area (Å²) in [5.41, 5.74) is 5.68. The van der Waals surface area contributed by atoms with Crippen LogP contribution in [0.1, 0.15) is 39.5 Å². The normalized spacial score (nSPS) is 13.8. The van der Waals surface area contributed by atoms with E-state index >= 15 is 0 Å². The van der Waals surface area contributed by atoms with Crippen LogP contribution in [0.2, 0.25) is 0 Å². The molecule has 2 atom stereocenters. The highest BCUT2D eigenvalue weighted by molar-refractivity contribution is 5.81. The van der Waals surface area contributed by atoms with Gasteiger partial charge >= 0.3 is 5.97 Å². The summed E-state index contributed by atoms with van der Waals surface area (Å²) in [6.45, 7) is 4.19. The number of unbranched alkanes of at least 4 members (excludes halogenated alkanes) is 1. The van der Waals surface area contributed by atoms with Crippen molar-refractivity contribution in [2.75, 3.05) is 13.2 Å². The van der Waals surface area contributed by atoms with Crippen molar-refractivity contribution in [2.24, 2.45) is 5.73 Å². The summed E-state index contributed by atoms with van der Waals surface area (Å²) in [7, 11) is 0. The molecule has 6 nitrogen and oxygen atoms in total. The minimum absolute atomic E-state index is 0.0937. The Morgan fingerprint density at radius 1 is 1.39 bits per heavy atom. The van der Waals surface area contributed by atoms with Crippen molar-refractivity contribution in [1.82, 2.24) is 5.32 Å². The molecule has 0 heterocycles. The maximum atomic E-state index is 11.5. The predicted octanol–water partition coefficient (Wildman–Crippen LogP) is -0.0658. The largest absolute Gasteiger partial charge is 0.466 e. The lowest BCUT2D eigenvalue weighted by Crippen LogP contribution is -2.46. The number of nitrogens with one attached hydrogen (secondary N) is 1. The molecule has 0 aliphatic heterocycles. The van der Waals surface area contributed by atoms with Crippen molar-refractivity contribution in [1.29, 1.82) is 0 Å². The average Bonchev–Trinajstić information content (AvgIpc) is 2.35. The van der Waals surface area contributed by atoms with E-state index in [1.54, 1.807) is 6.92 Å². The highest BCUT2D eigenvalue weighted by Crippen LogP contribution is 2.02. The fourth-order valence-electron chi connectivity index (χ4n) is 1.42. The lowest BCUT2D eigenvalue weighted by molar-refractivity contribution is -0.143. The Bertz CT molecular complexity index is 258. The fraction of sp³-hybridized carbons (Fsp3) is 0.833. The van der Waals surface area contributed by atoms with Gasteiger partial charge in [-0.2, -0.15) is 0 Å². The number of carbonyl (C=O) groups is 2. The minimum atomic E-state index is -1.22. The predicted molar refractivity (Wildman–Crippen MR) is 67.8 cm³/mol. The first-order valence-corrected chi connectivity index (χ1v) is 6.39. The van der Waals surface area contributed by atoms with Gasteiger partial charge in [0.05, 0.1) is 13.0 Å². The Balaban J connectivity index is 3.83. The summed E-state index contributed by atoms with van der Waals surface area (Å²) in [5.74, 6) is -0.912. The molecule has 106 valence electrons. The number of rotatable bonds is 9. The number of hydrogen-bond donors (Lipinski definition) is 3. The number of hydrogen-bond acceptors (Lipinski definition) is 5. The van der Waals surface area contributed by atoms with Crippen molar-refractivity contribution in [2.45, 2.75) is 51.7 Å².